The van der Waals surface area contributed by atoms with E-state index in [4.69, 9.17) is 0 Å². The van der Waals surface area contributed by atoms with Crippen LogP contribution in [0.4, 0.5) is 0 Å². The maximum absolute atomic E-state index is 2.57. The minimum Gasteiger partial charge on any atom is -0.0836 e. The molecule has 0 radical (unpaired) electrons. The van der Waals surface area contributed by atoms with E-state index in [1.54, 1.807) is 27.8 Å². The molecule has 0 amide bonds. The number of unbranched alkanes of at least 4 members (excludes halogenated alkanes) is 5. The summed E-state index contributed by atoms with van der Waals surface area (Å²) in [6.07, 6.45) is 22.7. The van der Waals surface area contributed by atoms with Gasteiger partial charge < -0.3 is 0 Å². The van der Waals surface area contributed by atoms with Crippen molar-refractivity contribution < 1.29 is 0 Å². The van der Waals surface area contributed by atoms with Crippen molar-refractivity contribution in [2.24, 2.45) is 0 Å². The summed E-state index contributed by atoms with van der Waals surface area (Å²) in [7, 11) is 0. The van der Waals surface area contributed by atoms with Gasteiger partial charge in [-0.15, -0.1) is 0 Å². The molecular weight excluding hydrogens is 360 g/mol. The number of hydrogen-bond donors (Lipinski definition) is 0. The van der Waals surface area contributed by atoms with Gasteiger partial charge in [0.25, 0.3) is 0 Å². The Morgan fingerprint density at radius 1 is 0.867 bits per heavy atom. The number of allylic oxidation sites excluding steroid dienone is 2. The van der Waals surface area contributed by atoms with Crippen LogP contribution in [0.15, 0.2) is 30.4 Å². The van der Waals surface area contributed by atoms with Crippen LogP contribution in [0.2, 0.25) is 0 Å². The molecule has 0 saturated carbocycles. The summed E-state index contributed by atoms with van der Waals surface area (Å²) in [5.74, 6) is 0. The Kier molecular flexibility index (Phi) is 5.21. The van der Waals surface area contributed by atoms with Gasteiger partial charge in [0.2, 0.25) is 0 Å². The second-order valence-corrected chi connectivity index (χ2v) is 9.87. The maximum Gasteiger partial charge on any atom is 0.0255 e. The van der Waals surface area contributed by atoms with Crippen LogP contribution < -0.4 is 0 Å². The van der Waals surface area contributed by atoms with Crippen LogP contribution in [0, 0.1) is 13.8 Å². The highest BCUT2D eigenvalue weighted by Crippen LogP contribution is 2.59. The summed E-state index contributed by atoms with van der Waals surface area (Å²) < 4.78 is 0. The molecule has 0 bridgehead atoms. The highest BCUT2D eigenvalue weighted by atomic mass is 14.5. The molecule has 0 heteroatoms. The Bertz CT molecular complexity index is 1030. The number of rotatable bonds is 7. The van der Waals surface area contributed by atoms with E-state index in [1.165, 1.54) is 86.5 Å². The number of hydrogen-bond acceptors (Lipinski definition) is 0. The molecule has 2 aromatic carbocycles. The molecule has 30 heavy (non-hydrogen) atoms. The first-order chi connectivity index (χ1) is 14.7. The van der Waals surface area contributed by atoms with Crippen molar-refractivity contribution in [2.75, 3.05) is 0 Å². The third-order valence-corrected chi connectivity index (χ3v) is 7.96. The second-order valence-electron chi connectivity index (χ2n) is 9.87. The molecule has 156 valence electrons. The summed E-state index contributed by atoms with van der Waals surface area (Å²) in [5, 5.41) is 0. The van der Waals surface area contributed by atoms with Crippen molar-refractivity contribution in [3.63, 3.8) is 0 Å². The summed E-state index contributed by atoms with van der Waals surface area (Å²) in [6.45, 7) is 6.94. The number of aryl methyl sites for hydroxylation is 2. The van der Waals surface area contributed by atoms with E-state index in [-0.39, 0.29) is 5.41 Å². The first kappa shape index (κ1) is 19.9. The van der Waals surface area contributed by atoms with Gasteiger partial charge in [-0.3, -0.25) is 0 Å². The molecule has 3 aliphatic carbocycles. The zero-order valence-electron chi connectivity index (χ0n) is 19.1. The van der Waals surface area contributed by atoms with Crippen molar-refractivity contribution in [1.82, 2.24) is 0 Å². The zero-order valence-corrected chi connectivity index (χ0v) is 19.1. The van der Waals surface area contributed by atoms with E-state index < -0.39 is 0 Å². The lowest BCUT2D eigenvalue weighted by Crippen LogP contribution is -2.28. The molecule has 0 aromatic heterocycles. The van der Waals surface area contributed by atoms with Crippen LogP contribution >= 0.6 is 0 Å². The summed E-state index contributed by atoms with van der Waals surface area (Å²) in [6, 6.07) is 7.38. The molecule has 0 spiro atoms. The molecule has 0 aliphatic heterocycles. The molecule has 0 nitrogen and oxygen atoms in total. The smallest absolute Gasteiger partial charge is 0.0255 e. The average Bonchev–Trinajstić information content (AvgIpc) is 3.04. The highest BCUT2D eigenvalue weighted by Gasteiger charge is 2.46. The van der Waals surface area contributed by atoms with Crippen LogP contribution in [0.25, 0.3) is 23.3 Å². The standard InChI is InChI=1S/C30H36/c1-4-5-6-7-8-11-18-30-19-12-15-24-21(2)16-17-26(29(24)30)28-25-14-10-9-13-23(25)22(3)20-27(28)30/h9,12-13,15-17,20H,4-8,10-11,14,18-19H2,1-3H3. The Morgan fingerprint density at radius 3 is 2.53 bits per heavy atom. The Balaban J connectivity index is 1.63. The lowest BCUT2D eigenvalue weighted by molar-refractivity contribution is 0.447. The summed E-state index contributed by atoms with van der Waals surface area (Å²) in [4.78, 5) is 0. The predicted octanol–water partition coefficient (Wildman–Crippen LogP) is 8.70. The minimum absolute atomic E-state index is 0.201. The fourth-order valence-electron chi connectivity index (χ4n) is 6.46. The molecule has 2 aromatic rings. The van der Waals surface area contributed by atoms with E-state index >= 15 is 0 Å². The Labute approximate surface area is 183 Å². The monoisotopic (exact) mass is 396 g/mol. The van der Waals surface area contributed by atoms with E-state index in [0.717, 1.165) is 0 Å². The second kappa shape index (κ2) is 7.88. The maximum atomic E-state index is 2.57. The van der Waals surface area contributed by atoms with Crippen molar-refractivity contribution in [3.05, 3.63) is 69.3 Å². The van der Waals surface area contributed by atoms with E-state index in [0.29, 0.717) is 0 Å². The lowest BCUT2D eigenvalue weighted by Gasteiger charge is -2.36. The van der Waals surface area contributed by atoms with Crippen LogP contribution in [0.5, 0.6) is 0 Å². The average molecular weight is 397 g/mol. The Hall–Kier alpha value is -2.08. The predicted molar refractivity (Wildman–Crippen MR) is 131 cm³/mol. The largest absolute Gasteiger partial charge is 0.0836 e. The summed E-state index contributed by atoms with van der Waals surface area (Å²) in [5.41, 5.74) is 14.2. The van der Waals surface area contributed by atoms with Crippen molar-refractivity contribution in [2.45, 2.75) is 90.4 Å². The van der Waals surface area contributed by atoms with Crippen LogP contribution in [-0.4, -0.2) is 0 Å². The fourth-order valence-corrected chi connectivity index (χ4v) is 6.46. The third-order valence-electron chi connectivity index (χ3n) is 7.96. The van der Waals surface area contributed by atoms with Crippen LogP contribution in [0.1, 0.15) is 104 Å². The molecule has 0 fully saturated rings. The molecule has 1 unspecified atom stereocenters. The zero-order chi connectivity index (χ0) is 20.7. The van der Waals surface area contributed by atoms with Crippen LogP contribution in [-0.2, 0) is 11.8 Å². The van der Waals surface area contributed by atoms with Crippen molar-refractivity contribution in [1.29, 1.82) is 0 Å². The van der Waals surface area contributed by atoms with Gasteiger partial charge in [0.1, 0.15) is 0 Å². The molecule has 1 atom stereocenters. The van der Waals surface area contributed by atoms with E-state index in [9.17, 15) is 0 Å². The first-order valence-corrected chi connectivity index (χ1v) is 12.3. The minimum atomic E-state index is 0.201. The number of benzene rings is 2. The third kappa shape index (κ3) is 2.95. The molecule has 0 saturated heterocycles. The van der Waals surface area contributed by atoms with Crippen molar-refractivity contribution in [3.8, 4) is 11.1 Å². The molecule has 5 rings (SSSR count). The fraction of sp³-hybridized carbons (Fsp3) is 0.467. The van der Waals surface area contributed by atoms with Gasteiger partial charge in [-0.05, 0) is 89.6 Å². The quantitative estimate of drug-likeness (QED) is 0.410. The van der Waals surface area contributed by atoms with Gasteiger partial charge in [-0.25, -0.2) is 0 Å². The van der Waals surface area contributed by atoms with Crippen LogP contribution in [0.3, 0.4) is 0 Å². The lowest BCUT2D eigenvalue weighted by atomic mass is 9.67. The van der Waals surface area contributed by atoms with E-state index in [1.807, 2.05) is 0 Å². The normalized spacial score (nSPS) is 20.2. The van der Waals surface area contributed by atoms with Crippen molar-refractivity contribution >= 4 is 12.2 Å². The molecule has 0 heterocycles. The van der Waals surface area contributed by atoms with E-state index in [2.05, 4.69) is 63.3 Å². The van der Waals surface area contributed by atoms with Gasteiger partial charge >= 0.3 is 0 Å². The first-order valence-electron chi connectivity index (χ1n) is 12.3. The highest BCUT2D eigenvalue weighted by molar-refractivity contribution is 5.91. The van der Waals surface area contributed by atoms with Gasteiger partial charge in [0.05, 0.1) is 0 Å². The Morgan fingerprint density at radius 2 is 1.67 bits per heavy atom. The SMILES string of the molecule is CCCCCCCCC12CC=Cc3c(C)ccc(c31)-c1c2cc(C)c2c1CCC=C2. The molecule has 0 N–H and O–H groups in total. The summed E-state index contributed by atoms with van der Waals surface area (Å²) >= 11 is 0. The molecular formula is C30H36. The topological polar surface area (TPSA) is 0 Å². The molecule has 3 aliphatic rings. The van der Waals surface area contributed by atoms with Gasteiger partial charge in [-0.2, -0.15) is 0 Å². The van der Waals surface area contributed by atoms with Gasteiger partial charge in [0, 0.05) is 5.41 Å². The van der Waals surface area contributed by atoms with Gasteiger partial charge in [0.15, 0.2) is 0 Å². The number of fused-ring (bicyclic) bond motifs is 5. The van der Waals surface area contributed by atoms with Gasteiger partial charge in [-0.1, -0.05) is 88.0 Å².